The molecule has 31 heavy (non-hydrogen) atoms. The number of hydrogen-bond acceptors (Lipinski definition) is 2. The van der Waals surface area contributed by atoms with Gasteiger partial charge in [-0.3, -0.25) is 4.98 Å². The molecule has 3 aromatic carbocycles. The van der Waals surface area contributed by atoms with Gasteiger partial charge in [0.2, 0.25) is 0 Å². The van der Waals surface area contributed by atoms with Gasteiger partial charge in [0.05, 0.1) is 17.9 Å². The van der Waals surface area contributed by atoms with Crippen molar-refractivity contribution in [3.05, 3.63) is 101 Å². The molecule has 0 atom stereocenters. The Morgan fingerprint density at radius 3 is 2.39 bits per heavy atom. The SMILES string of the molecule is COCc1ccc(-c2ccc(C#Cc3ccc4c(F)c(F)c(F)cc4c3)c(F)c2)nc1. The maximum Gasteiger partial charge on any atom is 0.195 e. The first-order chi connectivity index (χ1) is 15.0. The summed E-state index contributed by atoms with van der Waals surface area (Å²) in [5, 5.41) is 0.117. The largest absolute Gasteiger partial charge is 0.380 e. The van der Waals surface area contributed by atoms with E-state index in [9.17, 15) is 17.6 Å². The van der Waals surface area contributed by atoms with E-state index in [1.54, 1.807) is 25.4 Å². The highest BCUT2D eigenvalue weighted by molar-refractivity contribution is 5.84. The van der Waals surface area contributed by atoms with Crippen LogP contribution in [-0.4, -0.2) is 12.1 Å². The molecule has 0 N–H and O–H groups in total. The molecular formula is C25H15F4NO. The maximum absolute atomic E-state index is 14.6. The van der Waals surface area contributed by atoms with E-state index in [2.05, 4.69) is 16.8 Å². The Bertz CT molecular complexity index is 1340. The van der Waals surface area contributed by atoms with Crippen molar-refractivity contribution in [3.8, 4) is 23.1 Å². The lowest BCUT2D eigenvalue weighted by Crippen LogP contribution is -1.92. The summed E-state index contributed by atoms with van der Waals surface area (Å²) in [5.74, 6) is 0.920. The second-order valence-electron chi connectivity index (χ2n) is 6.85. The van der Waals surface area contributed by atoms with Gasteiger partial charge in [0.25, 0.3) is 0 Å². The van der Waals surface area contributed by atoms with Crippen LogP contribution in [0.4, 0.5) is 17.6 Å². The first-order valence-electron chi connectivity index (χ1n) is 9.29. The number of halogens is 4. The summed E-state index contributed by atoms with van der Waals surface area (Å²) in [6, 6.07) is 13.3. The Morgan fingerprint density at radius 2 is 1.68 bits per heavy atom. The van der Waals surface area contributed by atoms with E-state index in [0.717, 1.165) is 11.6 Å². The van der Waals surface area contributed by atoms with E-state index in [1.807, 2.05) is 6.07 Å². The number of pyridine rings is 1. The van der Waals surface area contributed by atoms with Gasteiger partial charge in [0.1, 0.15) is 5.82 Å². The third kappa shape index (κ3) is 4.27. The molecule has 1 heterocycles. The number of ether oxygens (including phenoxy) is 1. The molecule has 4 rings (SSSR count). The molecule has 0 unspecified atom stereocenters. The van der Waals surface area contributed by atoms with Gasteiger partial charge in [-0.15, -0.1) is 0 Å². The Labute approximate surface area is 176 Å². The van der Waals surface area contributed by atoms with Crippen LogP contribution in [-0.2, 0) is 11.3 Å². The summed E-state index contributed by atoms with van der Waals surface area (Å²) in [4.78, 5) is 4.31. The fraction of sp³-hybridized carbons (Fsp3) is 0.0800. The van der Waals surface area contributed by atoms with Gasteiger partial charge in [-0.05, 0) is 47.3 Å². The minimum atomic E-state index is -1.52. The quantitative estimate of drug-likeness (QED) is 0.230. The molecule has 1 aromatic heterocycles. The highest BCUT2D eigenvalue weighted by Crippen LogP contribution is 2.24. The first kappa shape index (κ1) is 20.6. The van der Waals surface area contributed by atoms with Gasteiger partial charge < -0.3 is 4.74 Å². The molecule has 0 radical (unpaired) electrons. The Hall–Kier alpha value is -3.69. The number of methoxy groups -OCH3 is 1. The van der Waals surface area contributed by atoms with E-state index in [-0.39, 0.29) is 16.3 Å². The number of fused-ring (bicyclic) bond motifs is 1. The monoisotopic (exact) mass is 421 g/mol. The zero-order valence-electron chi connectivity index (χ0n) is 16.3. The van der Waals surface area contributed by atoms with Crippen molar-refractivity contribution in [2.45, 2.75) is 6.61 Å². The molecule has 0 saturated carbocycles. The molecule has 0 bridgehead atoms. The molecule has 0 fully saturated rings. The lowest BCUT2D eigenvalue weighted by atomic mass is 10.0. The van der Waals surface area contributed by atoms with Crippen LogP contribution >= 0.6 is 0 Å². The lowest BCUT2D eigenvalue weighted by Gasteiger charge is -2.04. The third-order valence-electron chi connectivity index (χ3n) is 4.71. The predicted octanol–water partition coefficient (Wildman–Crippen LogP) is 6.00. The van der Waals surface area contributed by atoms with Crippen molar-refractivity contribution >= 4 is 10.8 Å². The molecule has 4 aromatic rings. The number of aromatic nitrogens is 1. The van der Waals surface area contributed by atoms with Crippen molar-refractivity contribution in [1.82, 2.24) is 4.98 Å². The van der Waals surface area contributed by atoms with Gasteiger partial charge in [-0.2, -0.15) is 0 Å². The van der Waals surface area contributed by atoms with E-state index < -0.39 is 23.3 Å². The standard InChI is InChI=1S/C25H15F4NO/c1-31-14-16-4-9-23(30-13-16)18-7-6-17(21(26)11-18)5-2-15-3-8-20-19(10-15)12-22(27)25(29)24(20)28/h3-4,6-13H,14H2,1H3. The topological polar surface area (TPSA) is 22.1 Å². The highest BCUT2D eigenvalue weighted by atomic mass is 19.2. The minimum Gasteiger partial charge on any atom is -0.380 e. The zero-order chi connectivity index (χ0) is 22.0. The number of rotatable bonds is 3. The third-order valence-corrected chi connectivity index (χ3v) is 4.71. The van der Waals surface area contributed by atoms with Crippen LogP contribution < -0.4 is 0 Å². The summed E-state index contributed by atoms with van der Waals surface area (Å²) in [6.45, 7) is 0.444. The van der Waals surface area contributed by atoms with Crippen molar-refractivity contribution < 1.29 is 22.3 Å². The normalized spacial score (nSPS) is 10.7. The van der Waals surface area contributed by atoms with Crippen molar-refractivity contribution in [1.29, 1.82) is 0 Å². The maximum atomic E-state index is 14.6. The number of benzene rings is 3. The van der Waals surface area contributed by atoms with E-state index in [1.165, 1.54) is 30.3 Å². The molecule has 154 valence electrons. The smallest absolute Gasteiger partial charge is 0.195 e. The van der Waals surface area contributed by atoms with Crippen LogP contribution in [0.15, 0.2) is 60.8 Å². The summed E-state index contributed by atoms with van der Waals surface area (Å²) in [5.41, 5.74) is 2.70. The molecule has 0 spiro atoms. The molecular weight excluding hydrogens is 406 g/mol. The van der Waals surface area contributed by atoms with E-state index >= 15 is 0 Å². The first-order valence-corrected chi connectivity index (χ1v) is 9.29. The Morgan fingerprint density at radius 1 is 0.839 bits per heavy atom. The molecule has 0 amide bonds. The average Bonchev–Trinajstić information content (AvgIpc) is 2.77. The average molecular weight is 421 g/mol. The van der Waals surface area contributed by atoms with Crippen LogP contribution in [0.1, 0.15) is 16.7 Å². The van der Waals surface area contributed by atoms with Crippen LogP contribution in [0.3, 0.4) is 0 Å². The Kier molecular flexibility index (Phi) is 5.70. The van der Waals surface area contributed by atoms with Gasteiger partial charge in [-0.25, -0.2) is 17.6 Å². The van der Waals surface area contributed by atoms with Crippen LogP contribution in [0, 0.1) is 35.1 Å². The highest BCUT2D eigenvalue weighted by Gasteiger charge is 2.13. The van der Waals surface area contributed by atoms with Crippen molar-refractivity contribution in [2.24, 2.45) is 0 Å². The second-order valence-corrected chi connectivity index (χ2v) is 6.85. The molecule has 0 aliphatic carbocycles. The summed E-state index contributed by atoms with van der Waals surface area (Å²) in [7, 11) is 1.59. The van der Waals surface area contributed by atoms with E-state index in [4.69, 9.17) is 4.74 Å². The predicted molar refractivity (Wildman–Crippen MR) is 110 cm³/mol. The summed E-state index contributed by atoms with van der Waals surface area (Å²) in [6.07, 6.45) is 1.67. The molecule has 0 aliphatic heterocycles. The molecule has 0 aliphatic rings. The minimum absolute atomic E-state index is 0.0519. The Balaban J connectivity index is 1.61. The summed E-state index contributed by atoms with van der Waals surface area (Å²) >= 11 is 0. The fourth-order valence-electron chi connectivity index (χ4n) is 3.15. The zero-order valence-corrected chi connectivity index (χ0v) is 16.3. The van der Waals surface area contributed by atoms with Crippen molar-refractivity contribution in [3.63, 3.8) is 0 Å². The van der Waals surface area contributed by atoms with Gasteiger partial charge in [-0.1, -0.05) is 30.0 Å². The number of nitrogens with zero attached hydrogens (tertiary/aromatic N) is 1. The summed E-state index contributed by atoms with van der Waals surface area (Å²) < 4.78 is 60.2. The van der Waals surface area contributed by atoms with Crippen LogP contribution in [0.5, 0.6) is 0 Å². The fourth-order valence-corrected chi connectivity index (χ4v) is 3.15. The number of hydrogen-bond donors (Lipinski definition) is 0. The van der Waals surface area contributed by atoms with Crippen LogP contribution in [0.25, 0.3) is 22.0 Å². The molecule has 6 heteroatoms. The van der Waals surface area contributed by atoms with Gasteiger partial charge in [0.15, 0.2) is 17.5 Å². The van der Waals surface area contributed by atoms with Gasteiger partial charge in [0, 0.05) is 29.8 Å². The van der Waals surface area contributed by atoms with Gasteiger partial charge >= 0.3 is 0 Å². The van der Waals surface area contributed by atoms with Crippen molar-refractivity contribution in [2.75, 3.05) is 7.11 Å². The molecule has 0 saturated heterocycles. The second kappa shape index (κ2) is 8.58. The lowest BCUT2D eigenvalue weighted by molar-refractivity contribution is 0.184. The van der Waals surface area contributed by atoms with Crippen LogP contribution in [0.2, 0.25) is 0 Å². The van der Waals surface area contributed by atoms with E-state index in [0.29, 0.717) is 23.4 Å². The molecule has 2 nitrogen and oxygen atoms in total.